The first-order valence-electron chi connectivity index (χ1n) is 8.07. The van der Waals surface area contributed by atoms with Gasteiger partial charge in [-0.2, -0.15) is 0 Å². The second kappa shape index (κ2) is 6.89. The fourth-order valence-electron chi connectivity index (χ4n) is 3.29. The number of anilines is 1. The Morgan fingerprint density at radius 1 is 1.17 bits per heavy atom. The lowest BCUT2D eigenvalue weighted by atomic mass is 9.92. The van der Waals surface area contributed by atoms with Crippen LogP contribution >= 0.6 is 11.6 Å². The highest BCUT2D eigenvalue weighted by atomic mass is 35.5. The molecule has 6 heteroatoms. The van der Waals surface area contributed by atoms with Crippen LogP contribution in [-0.2, 0) is 9.59 Å². The number of aliphatic hydroxyl groups excluding tert-OH is 1. The second-order valence-corrected chi connectivity index (χ2v) is 6.83. The second-order valence-electron chi connectivity index (χ2n) is 6.40. The zero-order valence-electron chi connectivity index (χ0n) is 12.9. The van der Waals surface area contributed by atoms with Crippen LogP contribution in [0.4, 0.5) is 5.69 Å². The highest BCUT2D eigenvalue weighted by molar-refractivity contribution is 6.30. The van der Waals surface area contributed by atoms with E-state index in [9.17, 15) is 14.7 Å². The van der Waals surface area contributed by atoms with Crippen molar-refractivity contribution in [2.24, 2.45) is 5.92 Å². The van der Waals surface area contributed by atoms with E-state index in [0.717, 1.165) is 31.4 Å². The molecule has 1 saturated carbocycles. The smallest absolute Gasteiger partial charge is 0.227 e. The molecule has 0 spiro atoms. The molecule has 2 N–H and O–H groups in total. The summed E-state index contributed by atoms with van der Waals surface area (Å²) in [5.41, 5.74) is 0.774. The van der Waals surface area contributed by atoms with Gasteiger partial charge in [-0.15, -0.1) is 0 Å². The maximum atomic E-state index is 12.4. The number of nitrogens with one attached hydrogen (secondary N) is 1. The van der Waals surface area contributed by atoms with Gasteiger partial charge in [0.05, 0.1) is 12.0 Å². The number of halogens is 1. The minimum atomic E-state index is -0.315. The van der Waals surface area contributed by atoms with E-state index in [1.54, 1.807) is 29.2 Å². The van der Waals surface area contributed by atoms with Crippen molar-refractivity contribution >= 4 is 29.1 Å². The van der Waals surface area contributed by atoms with Crippen LogP contribution in [0, 0.1) is 5.92 Å². The Kier molecular flexibility index (Phi) is 4.87. The molecule has 1 aliphatic heterocycles. The molecule has 0 aromatic heterocycles. The molecular weight excluding hydrogens is 316 g/mol. The molecule has 1 heterocycles. The van der Waals surface area contributed by atoms with Crippen molar-refractivity contribution in [3.8, 4) is 0 Å². The van der Waals surface area contributed by atoms with Crippen molar-refractivity contribution in [1.82, 2.24) is 5.32 Å². The van der Waals surface area contributed by atoms with Crippen molar-refractivity contribution in [1.29, 1.82) is 0 Å². The van der Waals surface area contributed by atoms with Crippen molar-refractivity contribution in [2.75, 3.05) is 11.4 Å². The molecule has 1 aliphatic carbocycles. The minimum absolute atomic E-state index is 0.0356. The molecule has 1 unspecified atom stereocenters. The Bertz CT molecular complexity index is 582. The van der Waals surface area contributed by atoms with Gasteiger partial charge in [0.15, 0.2) is 0 Å². The van der Waals surface area contributed by atoms with Crippen molar-refractivity contribution in [3.63, 3.8) is 0 Å². The van der Waals surface area contributed by atoms with E-state index >= 15 is 0 Å². The number of nitrogens with zero attached hydrogens (tertiary/aromatic N) is 1. The van der Waals surface area contributed by atoms with Crippen LogP contribution in [0.25, 0.3) is 0 Å². The Hall–Kier alpha value is -1.59. The van der Waals surface area contributed by atoms with E-state index in [2.05, 4.69) is 5.32 Å². The third kappa shape index (κ3) is 3.85. The molecule has 1 aromatic carbocycles. The van der Waals surface area contributed by atoms with E-state index in [0.29, 0.717) is 11.6 Å². The lowest BCUT2D eigenvalue weighted by Crippen LogP contribution is -2.42. The summed E-state index contributed by atoms with van der Waals surface area (Å²) in [4.78, 5) is 26.2. The van der Waals surface area contributed by atoms with Gasteiger partial charge in [0.25, 0.3) is 0 Å². The van der Waals surface area contributed by atoms with Gasteiger partial charge in [-0.3, -0.25) is 9.59 Å². The fraction of sp³-hybridized carbons (Fsp3) is 0.529. The number of carbonyl (C=O) groups excluding carboxylic acids is 2. The van der Waals surface area contributed by atoms with Gasteiger partial charge in [0.1, 0.15) is 0 Å². The standard InChI is InChI=1S/C17H21ClN2O3/c18-12-1-5-14(6-2-12)20-10-11(9-16(20)22)17(23)19-13-3-7-15(21)8-4-13/h1-2,5-6,11,13,15,21H,3-4,7-10H2,(H,19,23). The first-order chi connectivity index (χ1) is 11.0. The first-order valence-corrected chi connectivity index (χ1v) is 8.45. The monoisotopic (exact) mass is 336 g/mol. The highest BCUT2D eigenvalue weighted by Crippen LogP contribution is 2.27. The van der Waals surface area contributed by atoms with Crippen LogP contribution in [0.1, 0.15) is 32.1 Å². The van der Waals surface area contributed by atoms with Gasteiger partial charge in [0, 0.05) is 29.7 Å². The van der Waals surface area contributed by atoms with Gasteiger partial charge >= 0.3 is 0 Å². The molecule has 1 atom stereocenters. The Morgan fingerprint density at radius 3 is 2.48 bits per heavy atom. The summed E-state index contributed by atoms with van der Waals surface area (Å²) in [6.07, 6.45) is 3.06. The maximum absolute atomic E-state index is 12.4. The van der Waals surface area contributed by atoms with Gasteiger partial charge in [0.2, 0.25) is 11.8 Å². The number of amides is 2. The minimum Gasteiger partial charge on any atom is -0.393 e. The molecule has 2 amide bonds. The predicted molar refractivity (Wildman–Crippen MR) is 88.3 cm³/mol. The number of hydrogen-bond acceptors (Lipinski definition) is 3. The Morgan fingerprint density at radius 2 is 1.83 bits per heavy atom. The quantitative estimate of drug-likeness (QED) is 0.888. The first kappa shape index (κ1) is 16.3. The average molecular weight is 337 g/mol. The molecule has 2 aliphatic rings. The van der Waals surface area contributed by atoms with Crippen LogP contribution in [0.5, 0.6) is 0 Å². The SMILES string of the molecule is O=C(NC1CCC(O)CC1)C1CC(=O)N(c2ccc(Cl)cc2)C1. The lowest BCUT2D eigenvalue weighted by molar-refractivity contribution is -0.127. The van der Waals surface area contributed by atoms with E-state index in [1.807, 2.05) is 0 Å². The molecule has 3 rings (SSSR count). The van der Waals surface area contributed by atoms with E-state index < -0.39 is 0 Å². The van der Waals surface area contributed by atoms with Gasteiger partial charge < -0.3 is 15.3 Å². The van der Waals surface area contributed by atoms with Crippen LogP contribution < -0.4 is 10.2 Å². The van der Waals surface area contributed by atoms with Crippen molar-refractivity contribution in [3.05, 3.63) is 29.3 Å². The molecule has 2 fully saturated rings. The highest BCUT2D eigenvalue weighted by Gasteiger charge is 2.36. The summed E-state index contributed by atoms with van der Waals surface area (Å²) >= 11 is 5.87. The molecule has 124 valence electrons. The molecule has 1 saturated heterocycles. The van der Waals surface area contributed by atoms with Crippen LogP contribution in [-0.4, -0.2) is 35.6 Å². The molecule has 5 nitrogen and oxygen atoms in total. The molecular formula is C17H21ClN2O3. The molecule has 0 radical (unpaired) electrons. The van der Waals surface area contributed by atoms with Crippen molar-refractivity contribution in [2.45, 2.75) is 44.2 Å². The number of carbonyl (C=O) groups is 2. The average Bonchev–Trinajstić information content (AvgIpc) is 2.92. The molecule has 23 heavy (non-hydrogen) atoms. The molecule has 1 aromatic rings. The van der Waals surface area contributed by atoms with Crippen LogP contribution in [0.3, 0.4) is 0 Å². The van der Waals surface area contributed by atoms with E-state index in [1.165, 1.54) is 0 Å². The van der Waals surface area contributed by atoms with E-state index in [-0.39, 0.29) is 36.3 Å². The fourth-order valence-corrected chi connectivity index (χ4v) is 3.42. The van der Waals surface area contributed by atoms with Gasteiger partial charge in [-0.1, -0.05) is 11.6 Å². The Balaban J connectivity index is 1.58. The summed E-state index contributed by atoms with van der Waals surface area (Å²) in [6, 6.07) is 7.19. The zero-order chi connectivity index (χ0) is 16.4. The topological polar surface area (TPSA) is 69.6 Å². The molecule has 0 bridgehead atoms. The summed E-state index contributed by atoms with van der Waals surface area (Å²) in [5, 5.41) is 13.2. The van der Waals surface area contributed by atoms with Crippen LogP contribution in [0.15, 0.2) is 24.3 Å². The summed E-state index contributed by atoms with van der Waals surface area (Å²) in [7, 11) is 0. The summed E-state index contributed by atoms with van der Waals surface area (Å²) in [6.45, 7) is 0.404. The maximum Gasteiger partial charge on any atom is 0.227 e. The number of aliphatic hydroxyl groups is 1. The van der Waals surface area contributed by atoms with Gasteiger partial charge in [-0.05, 0) is 49.9 Å². The summed E-state index contributed by atoms with van der Waals surface area (Å²) < 4.78 is 0. The Labute approximate surface area is 140 Å². The number of hydrogen-bond donors (Lipinski definition) is 2. The van der Waals surface area contributed by atoms with Gasteiger partial charge in [-0.25, -0.2) is 0 Å². The predicted octanol–water partition coefficient (Wildman–Crippen LogP) is 2.11. The van der Waals surface area contributed by atoms with E-state index in [4.69, 9.17) is 11.6 Å². The van der Waals surface area contributed by atoms with Crippen molar-refractivity contribution < 1.29 is 14.7 Å². The zero-order valence-corrected chi connectivity index (χ0v) is 13.6. The number of rotatable bonds is 3. The number of benzene rings is 1. The normalized spacial score (nSPS) is 28.0. The third-order valence-corrected chi connectivity index (χ3v) is 4.93. The van der Waals surface area contributed by atoms with Crippen LogP contribution in [0.2, 0.25) is 5.02 Å². The summed E-state index contributed by atoms with van der Waals surface area (Å²) in [5.74, 6) is -0.409. The third-order valence-electron chi connectivity index (χ3n) is 4.68. The largest absolute Gasteiger partial charge is 0.393 e. The lowest BCUT2D eigenvalue weighted by Gasteiger charge is -2.27.